The van der Waals surface area contributed by atoms with Crippen LogP contribution in [0.3, 0.4) is 0 Å². The molecule has 0 bridgehead atoms. The number of rotatable bonds is 4. The number of nitrogens with zero attached hydrogens (tertiary/aromatic N) is 2. The van der Waals surface area contributed by atoms with E-state index in [2.05, 4.69) is 20.5 Å². The lowest BCUT2D eigenvalue weighted by Crippen LogP contribution is -2.09. The minimum Gasteiger partial charge on any atom is -0.321 e. The Hall–Kier alpha value is -3.32. The van der Waals surface area contributed by atoms with E-state index in [0.717, 1.165) is 21.8 Å². The van der Waals surface area contributed by atoms with E-state index < -0.39 is 0 Å². The second-order valence-electron chi connectivity index (χ2n) is 5.95. The van der Waals surface area contributed by atoms with E-state index in [0.29, 0.717) is 16.4 Å². The molecule has 2 N–H and O–H groups in total. The van der Waals surface area contributed by atoms with Crippen molar-refractivity contribution < 1.29 is 9.18 Å². The fourth-order valence-corrected chi connectivity index (χ4v) is 3.50. The molecule has 4 rings (SSSR count). The van der Waals surface area contributed by atoms with E-state index in [4.69, 9.17) is 0 Å². The smallest absolute Gasteiger partial charge is 0.265 e. The number of halogens is 1. The topological polar surface area (TPSA) is 70.7 Å². The summed E-state index contributed by atoms with van der Waals surface area (Å²) >= 11 is 1.36. The molecule has 2 heterocycles. The van der Waals surface area contributed by atoms with Gasteiger partial charge in [-0.25, -0.2) is 9.37 Å². The molecule has 1 amide bonds. The summed E-state index contributed by atoms with van der Waals surface area (Å²) in [5.74, 6) is 0.899. The Kier molecular flexibility index (Phi) is 4.52. The lowest BCUT2D eigenvalue weighted by atomic mass is 10.2. The molecule has 0 spiro atoms. The number of aromatic amines is 1. The Balaban J connectivity index is 1.47. The number of carbonyl (C=O) groups excluding carboxylic acids is 1. The van der Waals surface area contributed by atoms with E-state index in [1.54, 1.807) is 18.2 Å². The number of hydrogen-bond acceptors (Lipinski definition) is 4. The zero-order chi connectivity index (χ0) is 18.8. The van der Waals surface area contributed by atoms with Crippen LogP contribution in [0.2, 0.25) is 0 Å². The van der Waals surface area contributed by atoms with Crippen molar-refractivity contribution in [3.63, 3.8) is 0 Å². The highest BCUT2D eigenvalue weighted by molar-refractivity contribution is 7.17. The molecule has 0 fully saturated rings. The molecule has 0 saturated carbocycles. The van der Waals surface area contributed by atoms with Gasteiger partial charge in [-0.1, -0.05) is 12.1 Å². The zero-order valence-corrected chi connectivity index (χ0v) is 15.2. The van der Waals surface area contributed by atoms with Crippen molar-refractivity contribution in [3.05, 3.63) is 77.2 Å². The first kappa shape index (κ1) is 17.1. The van der Waals surface area contributed by atoms with Crippen molar-refractivity contribution >= 4 is 22.9 Å². The van der Waals surface area contributed by atoms with Crippen LogP contribution in [0.25, 0.3) is 21.8 Å². The summed E-state index contributed by atoms with van der Waals surface area (Å²) in [4.78, 5) is 18.3. The van der Waals surface area contributed by atoms with Crippen LogP contribution in [0.5, 0.6) is 0 Å². The monoisotopic (exact) mass is 378 g/mol. The van der Waals surface area contributed by atoms with Gasteiger partial charge in [0.05, 0.1) is 4.88 Å². The highest BCUT2D eigenvalue weighted by atomic mass is 32.1. The zero-order valence-electron chi connectivity index (χ0n) is 14.4. The van der Waals surface area contributed by atoms with Crippen molar-refractivity contribution in [3.8, 4) is 21.8 Å². The van der Waals surface area contributed by atoms with Crippen LogP contribution in [0, 0.1) is 12.7 Å². The maximum absolute atomic E-state index is 13.0. The Bertz CT molecular complexity index is 1080. The van der Waals surface area contributed by atoms with Crippen molar-refractivity contribution in [1.29, 1.82) is 0 Å². The fourth-order valence-electron chi connectivity index (χ4n) is 2.60. The van der Waals surface area contributed by atoms with Gasteiger partial charge >= 0.3 is 0 Å². The van der Waals surface area contributed by atoms with E-state index >= 15 is 0 Å². The number of H-pyrrole nitrogens is 1. The van der Waals surface area contributed by atoms with E-state index in [1.165, 1.54) is 23.5 Å². The minimum absolute atomic E-state index is 0.185. The molecular weight excluding hydrogens is 363 g/mol. The molecule has 0 aliphatic heterocycles. The summed E-state index contributed by atoms with van der Waals surface area (Å²) in [5.41, 5.74) is 2.44. The maximum atomic E-state index is 13.0. The summed E-state index contributed by atoms with van der Waals surface area (Å²) in [6.45, 7) is 1.84. The maximum Gasteiger partial charge on any atom is 0.265 e. The predicted octanol–water partition coefficient (Wildman–Crippen LogP) is 4.90. The number of carbonyl (C=O) groups is 1. The minimum atomic E-state index is -0.281. The van der Waals surface area contributed by atoms with Gasteiger partial charge in [0.1, 0.15) is 11.6 Å². The number of anilines is 1. The highest BCUT2D eigenvalue weighted by Gasteiger charge is 2.11. The van der Waals surface area contributed by atoms with E-state index in [-0.39, 0.29) is 11.7 Å². The Labute approximate surface area is 158 Å². The summed E-state index contributed by atoms with van der Waals surface area (Å²) in [5, 5.41) is 9.80. The number of aryl methyl sites for hydroxylation is 1. The second kappa shape index (κ2) is 7.13. The van der Waals surface area contributed by atoms with E-state index in [1.807, 2.05) is 37.3 Å². The van der Waals surface area contributed by atoms with Crippen molar-refractivity contribution in [2.24, 2.45) is 0 Å². The normalized spacial score (nSPS) is 10.7. The summed E-state index contributed by atoms with van der Waals surface area (Å²) in [6, 6.07) is 17.2. The van der Waals surface area contributed by atoms with Gasteiger partial charge in [0, 0.05) is 16.1 Å². The lowest BCUT2D eigenvalue weighted by molar-refractivity contribution is 0.103. The number of nitrogens with one attached hydrogen (secondary N) is 2. The van der Waals surface area contributed by atoms with Gasteiger partial charge in [-0.15, -0.1) is 11.3 Å². The number of amides is 1. The van der Waals surface area contributed by atoms with Crippen LogP contribution in [0.4, 0.5) is 10.1 Å². The van der Waals surface area contributed by atoms with Gasteiger partial charge in [0.2, 0.25) is 0 Å². The third-order valence-corrected chi connectivity index (χ3v) is 5.09. The third kappa shape index (κ3) is 3.78. The van der Waals surface area contributed by atoms with Gasteiger partial charge < -0.3 is 5.32 Å². The molecule has 0 atom stereocenters. The van der Waals surface area contributed by atoms with Crippen molar-refractivity contribution in [1.82, 2.24) is 15.2 Å². The van der Waals surface area contributed by atoms with Gasteiger partial charge in [-0.05, 0) is 61.0 Å². The Morgan fingerprint density at radius 1 is 1.00 bits per heavy atom. The van der Waals surface area contributed by atoms with Gasteiger partial charge in [-0.3, -0.25) is 9.89 Å². The van der Waals surface area contributed by atoms with Crippen LogP contribution in [0.15, 0.2) is 60.7 Å². The summed E-state index contributed by atoms with van der Waals surface area (Å²) < 4.78 is 13.0. The molecule has 0 unspecified atom stereocenters. The SMILES string of the molecule is Cc1nc(-c2ccc(NC(=O)c3ccc(-c4ccc(F)cc4)s3)cc2)n[nH]1. The first-order valence-corrected chi connectivity index (χ1v) is 9.07. The van der Waals surface area contributed by atoms with Crippen LogP contribution >= 0.6 is 11.3 Å². The molecule has 0 aliphatic carbocycles. The number of hydrogen-bond donors (Lipinski definition) is 2. The average molecular weight is 378 g/mol. The van der Waals surface area contributed by atoms with Gasteiger partial charge in [0.15, 0.2) is 5.82 Å². The first-order chi connectivity index (χ1) is 13.1. The summed E-state index contributed by atoms with van der Waals surface area (Å²) in [6.07, 6.45) is 0. The largest absolute Gasteiger partial charge is 0.321 e. The fraction of sp³-hybridized carbons (Fsp3) is 0.0500. The summed E-state index contributed by atoms with van der Waals surface area (Å²) in [7, 11) is 0. The molecule has 27 heavy (non-hydrogen) atoms. The number of aromatic nitrogens is 3. The Morgan fingerprint density at radius 3 is 2.37 bits per heavy atom. The van der Waals surface area contributed by atoms with Crippen molar-refractivity contribution in [2.75, 3.05) is 5.32 Å². The average Bonchev–Trinajstić information content (AvgIpc) is 3.32. The molecule has 0 aliphatic rings. The predicted molar refractivity (Wildman–Crippen MR) is 104 cm³/mol. The Morgan fingerprint density at radius 2 is 1.70 bits per heavy atom. The second-order valence-corrected chi connectivity index (χ2v) is 7.03. The van der Waals surface area contributed by atoms with Crippen LogP contribution in [-0.4, -0.2) is 21.1 Å². The lowest BCUT2D eigenvalue weighted by Gasteiger charge is -2.04. The molecule has 7 heteroatoms. The van der Waals surface area contributed by atoms with Crippen LogP contribution in [0.1, 0.15) is 15.5 Å². The molecule has 0 saturated heterocycles. The van der Waals surface area contributed by atoms with Crippen molar-refractivity contribution in [2.45, 2.75) is 6.92 Å². The molecule has 2 aromatic heterocycles. The molecule has 2 aromatic carbocycles. The first-order valence-electron chi connectivity index (χ1n) is 8.25. The highest BCUT2D eigenvalue weighted by Crippen LogP contribution is 2.29. The quantitative estimate of drug-likeness (QED) is 0.531. The van der Waals surface area contributed by atoms with Gasteiger partial charge in [-0.2, -0.15) is 5.10 Å². The molecule has 5 nitrogen and oxygen atoms in total. The standard InChI is InChI=1S/C20H15FN4OS/c1-12-22-19(25-24-12)14-4-8-16(9-5-14)23-20(26)18-11-10-17(27-18)13-2-6-15(21)7-3-13/h2-11H,1H3,(H,23,26)(H,22,24,25). The molecular formula is C20H15FN4OS. The molecule has 4 aromatic rings. The third-order valence-electron chi connectivity index (χ3n) is 3.96. The molecule has 0 radical (unpaired) electrons. The number of benzene rings is 2. The van der Waals surface area contributed by atoms with Crippen LogP contribution in [-0.2, 0) is 0 Å². The molecule has 134 valence electrons. The number of thiophene rings is 1. The van der Waals surface area contributed by atoms with Gasteiger partial charge in [0.25, 0.3) is 5.91 Å². The van der Waals surface area contributed by atoms with E-state index in [9.17, 15) is 9.18 Å². The van der Waals surface area contributed by atoms with Crippen LogP contribution < -0.4 is 5.32 Å².